The maximum Gasteiger partial charge on any atom is 0.323 e. The Labute approximate surface area is 79.5 Å². The number of carboxylic acid groups (broad SMARTS) is 1. The van der Waals surface area contributed by atoms with Gasteiger partial charge < -0.3 is 10.4 Å². The van der Waals surface area contributed by atoms with Crippen LogP contribution in [0.5, 0.6) is 0 Å². The van der Waals surface area contributed by atoms with E-state index in [0.29, 0.717) is 0 Å². The highest BCUT2D eigenvalue weighted by atomic mass is 16.4. The molecule has 0 radical (unpaired) electrons. The summed E-state index contributed by atoms with van der Waals surface area (Å²) < 4.78 is 0. The van der Waals surface area contributed by atoms with Crippen molar-refractivity contribution in [2.24, 2.45) is 0 Å². The third-order valence-corrected chi connectivity index (χ3v) is 3.10. The number of nitrogens with one attached hydrogen (secondary N) is 1. The van der Waals surface area contributed by atoms with Gasteiger partial charge in [-0.2, -0.15) is 0 Å². The summed E-state index contributed by atoms with van der Waals surface area (Å²) >= 11 is 0. The van der Waals surface area contributed by atoms with Crippen LogP contribution in [0.2, 0.25) is 0 Å². The fraction of sp³-hybridized carbons (Fsp3) is 0.900. The standard InChI is InChI=1S/C10H19NO2/c1-11-10(9(12)13)7-5-3-2-4-6-8-10/h11H,2-8H2,1H3,(H,12,13). The summed E-state index contributed by atoms with van der Waals surface area (Å²) in [7, 11) is 1.76. The van der Waals surface area contributed by atoms with Crippen molar-refractivity contribution in [3.63, 3.8) is 0 Å². The average molecular weight is 185 g/mol. The van der Waals surface area contributed by atoms with Crippen molar-refractivity contribution in [1.29, 1.82) is 0 Å². The van der Waals surface area contributed by atoms with E-state index in [-0.39, 0.29) is 0 Å². The second-order valence-corrected chi connectivity index (χ2v) is 3.91. The molecule has 3 heteroatoms. The number of carboxylic acids is 1. The predicted octanol–water partition coefficient (Wildman–Crippen LogP) is 1.77. The van der Waals surface area contributed by atoms with Crippen LogP contribution in [0.25, 0.3) is 0 Å². The number of rotatable bonds is 2. The van der Waals surface area contributed by atoms with Gasteiger partial charge in [-0.3, -0.25) is 4.79 Å². The molecule has 0 unspecified atom stereocenters. The Bertz CT molecular complexity index is 172. The van der Waals surface area contributed by atoms with Crippen molar-refractivity contribution >= 4 is 5.97 Å². The summed E-state index contributed by atoms with van der Waals surface area (Å²) in [6, 6.07) is 0. The van der Waals surface area contributed by atoms with Gasteiger partial charge in [-0.15, -0.1) is 0 Å². The fourth-order valence-corrected chi connectivity index (χ4v) is 2.08. The first-order valence-corrected chi connectivity index (χ1v) is 5.13. The Morgan fingerprint density at radius 3 is 2.00 bits per heavy atom. The minimum atomic E-state index is -0.683. The van der Waals surface area contributed by atoms with Crippen molar-refractivity contribution < 1.29 is 9.90 Å². The minimum absolute atomic E-state index is 0.638. The van der Waals surface area contributed by atoms with Gasteiger partial charge in [0.15, 0.2) is 0 Å². The molecule has 0 spiro atoms. The molecule has 3 nitrogen and oxygen atoms in total. The summed E-state index contributed by atoms with van der Waals surface area (Å²) in [5.41, 5.74) is -0.638. The molecular formula is C10H19NO2. The van der Waals surface area contributed by atoms with Crippen molar-refractivity contribution in [1.82, 2.24) is 5.32 Å². The Morgan fingerprint density at radius 1 is 1.15 bits per heavy atom. The molecule has 0 heterocycles. The highest BCUT2D eigenvalue weighted by molar-refractivity contribution is 5.78. The van der Waals surface area contributed by atoms with Crippen LogP contribution < -0.4 is 5.32 Å². The van der Waals surface area contributed by atoms with Crippen LogP contribution in [-0.2, 0) is 4.79 Å². The molecule has 0 aromatic carbocycles. The molecule has 1 rings (SSSR count). The predicted molar refractivity (Wildman–Crippen MR) is 51.7 cm³/mol. The van der Waals surface area contributed by atoms with Gasteiger partial charge in [0.25, 0.3) is 0 Å². The van der Waals surface area contributed by atoms with Gasteiger partial charge in [0.1, 0.15) is 5.54 Å². The Morgan fingerprint density at radius 2 is 1.62 bits per heavy atom. The van der Waals surface area contributed by atoms with E-state index >= 15 is 0 Å². The lowest BCUT2D eigenvalue weighted by Crippen LogP contribution is -2.50. The SMILES string of the molecule is CNC1(C(=O)O)CCCCCCC1. The van der Waals surface area contributed by atoms with Crippen molar-refractivity contribution in [3.05, 3.63) is 0 Å². The molecule has 1 saturated carbocycles. The molecule has 0 aliphatic heterocycles. The Kier molecular flexibility index (Phi) is 3.72. The van der Waals surface area contributed by atoms with Crippen molar-refractivity contribution in [2.45, 2.75) is 50.5 Å². The van der Waals surface area contributed by atoms with E-state index in [1.165, 1.54) is 19.3 Å². The zero-order valence-electron chi connectivity index (χ0n) is 8.31. The third kappa shape index (κ3) is 2.44. The Balaban J connectivity index is 2.63. The molecular weight excluding hydrogens is 166 g/mol. The molecule has 1 aliphatic rings. The molecule has 76 valence electrons. The van der Waals surface area contributed by atoms with Crippen molar-refractivity contribution in [2.75, 3.05) is 7.05 Å². The summed E-state index contributed by atoms with van der Waals surface area (Å²) in [4.78, 5) is 11.1. The normalized spacial score (nSPS) is 23.2. The third-order valence-electron chi connectivity index (χ3n) is 3.10. The highest BCUT2D eigenvalue weighted by Gasteiger charge is 2.35. The van der Waals surface area contributed by atoms with E-state index in [1.807, 2.05) is 0 Å². The summed E-state index contributed by atoms with van der Waals surface area (Å²) in [6.45, 7) is 0. The van der Waals surface area contributed by atoms with Gasteiger partial charge in [-0.1, -0.05) is 32.1 Å². The number of carbonyl (C=O) groups is 1. The molecule has 0 amide bonds. The molecule has 13 heavy (non-hydrogen) atoms. The van der Waals surface area contributed by atoms with Gasteiger partial charge in [-0.05, 0) is 19.9 Å². The smallest absolute Gasteiger partial charge is 0.323 e. The van der Waals surface area contributed by atoms with Gasteiger partial charge in [0.05, 0.1) is 0 Å². The van der Waals surface area contributed by atoms with Crippen molar-refractivity contribution in [3.8, 4) is 0 Å². The van der Waals surface area contributed by atoms with E-state index in [0.717, 1.165) is 25.7 Å². The first-order chi connectivity index (χ1) is 6.21. The van der Waals surface area contributed by atoms with Gasteiger partial charge >= 0.3 is 5.97 Å². The summed E-state index contributed by atoms with van der Waals surface area (Å²) in [6.07, 6.45) is 7.24. The summed E-state index contributed by atoms with van der Waals surface area (Å²) in [5.74, 6) is -0.683. The van der Waals surface area contributed by atoms with Crippen LogP contribution >= 0.6 is 0 Å². The molecule has 0 aromatic rings. The molecule has 0 saturated heterocycles. The molecule has 0 aromatic heterocycles. The van der Waals surface area contributed by atoms with Gasteiger partial charge in [0, 0.05) is 0 Å². The van der Waals surface area contributed by atoms with Crippen LogP contribution in [0.1, 0.15) is 44.9 Å². The van der Waals surface area contributed by atoms with Gasteiger partial charge in [0.2, 0.25) is 0 Å². The number of hydrogen-bond acceptors (Lipinski definition) is 2. The number of aliphatic carboxylic acids is 1. The number of hydrogen-bond donors (Lipinski definition) is 2. The van der Waals surface area contributed by atoms with Crippen LogP contribution in [0.3, 0.4) is 0 Å². The quantitative estimate of drug-likeness (QED) is 0.689. The lowest BCUT2D eigenvalue weighted by molar-refractivity contribution is -0.145. The van der Waals surface area contributed by atoms with Crippen LogP contribution in [0.15, 0.2) is 0 Å². The monoisotopic (exact) mass is 185 g/mol. The zero-order chi connectivity index (χ0) is 9.73. The van der Waals surface area contributed by atoms with E-state index in [4.69, 9.17) is 5.11 Å². The molecule has 0 atom stereocenters. The second-order valence-electron chi connectivity index (χ2n) is 3.91. The van der Waals surface area contributed by atoms with Crippen LogP contribution in [0.4, 0.5) is 0 Å². The highest BCUT2D eigenvalue weighted by Crippen LogP contribution is 2.26. The lowest BCUT2D eigenvalue weighted by atomic mass is 9.84. The largest absolute Gasteiger partial charge is 0.480 e. The zero-order valence-corrected chi connectivity index (χ0v) is 8.31. The topological polar surface area (TPSA) is 49.3 Å². The minimum Gasteiger partial charge on any atom is -0.480 e. The van der Waals surface area contributed by atoms with E-state index in [9.17, 15) is 4.79 Å². The van der Waals surface area contributed by atoms with E-state index in [1.54, 1.807) is 7.05 Å². The van der Waals surface area contributed by atoms with Crippen LogP contribution in [0, 0.1) is 0 Å². The molecule has 1 fully saturated rings. The van der Waals surface area contributed by atoms with Crippen LogP contribution in [-0.4, -0.2) is 23.7 Å². The molecule has 1 aliphatic carbocycles. The average Bonchev–Trinajstić information content (AvgIpc) is 2.04. The summed E-state index contributed by atoms with van der Waals surface area (Å²) in [5, 5.41) is 12.1. The van der Waals surface area contributed by atoms with Gasteiger partial charge in [-0.25, -0.2) is 0 Å². The maximum absolute atomic E-state index is 11.1. The maximum atomic E-state index is 11.1. The second kappa shape index (κ2) is 4.61. The lowest BCUT2D eigenvalue weighted by Gasteiger charge is -2.30. The van der Waals surface area contributed by atoms with E-state index < -0.39 is 11.5 Å². The fourth-order valence-electron chi connectivity index (χ4n) is 2.08. The number of likely N-dealkylation sites (N-methyl/N-ethyl adjacent to an activating group) is 1. The first kappa shape index (κ1) is 10.5. The Hall–Kier alpha value is -0.570. The van der Waals surface area contributed by atoms with E-state index in [2.05, 4.69) is 5.32 Å². The first-order valence-electron chi connectivity index (χ1n) is 5.13. The molecule has 2 N–H and O–H groups in total. The molecule has 0 bridgehead atoms.